The number of hydrogen-bond donors (Lipinski definition) is 0. The van der Waals surface area contributed by atoms with Crippen LogP contribution in [0, 0.1) is 5.92 Å². The van der Waals surface area contributed by atoms with Gasteiger partial charge in [0, 0.05) is 10.5 Å². The van der Waals surface area contributed by atoms with Gasteiger partial charge in [0.15, 0.2) is 0 Å². The van der Waals surface area contributed by atoms with Crippen LogP contribution in [-0.2, 0) is 0 Å². The normalized spacial score (nSPS) is 42.0. The van der Waals surface area contributed by atoms with Crippen molar-refractivity contribution >= 4 is 11.8 Å². The zero-order valence-corrected chi connectivity index (χ0v) is 9.96. The molecule has 2 fully saturated rings. The lowest BCUT2D eigenvalue weighted by molar-refractivity contribution is 0.158. The maximum absolute atomic E-state index is 13.3. The van der Waals surface area contributed by atoms with Crippen LogP contribution in [0.3, 0.4) is 0 Å². The van der Waals surface area contributed by atoms with Gasteiger partial charge >= 0.3 is 0 Å². The first-order valence-electron chi connectivity index (χ1n) is 5.26. The third-order valence-corrected chi connectivity index (χ3v) is 4.25. The monoisotopic (exact) mass is 204 g/mol. The average Bonchev–Trinajstić information content (AvgIpc) is 2.41. The molecule has 2 heterocycles. The molecule has 0 N–H and O–H groups in total. The molecule has 0 radical (unpaired) electrons. The molecule has 13 heavy (non-hydrogen) atoms. The molecule has 0 spiro atoms. The standard InChI is InChI=1S/C7H11FS.C4H10/c1-7(8)4-5-2-3-6(7)9-5;1-4(2)3/h5-6H,2-4H2,1H3;4H,1-3H3. The molecular formula is C11H21FS. The summed E-state index contributed by atoms with van der Waals surface area (Å²) in [6, 6.07) is 0. The van der Waals surface area contributed by atoms with E-state index >= 15 is 0 Å². The fraction of sp³-hybridized carbons (Fsp3) is 1.00. The molecule has 0 aliphatic carbocycles. The molecule has 2 heteroatoms. The zero-order valence-electron chi connectivity index (χ0n) is 9.14. The van der Waals surface area contributed by atoms with Crippen molar-refractivity contribution in [3.8, 4) is 0 Å². The molecule has 3 unspecified atom stereocenters. The molecule has 3 atom stereocenters. The number of halogens is 1. The minimum absolute atomic E-state index is 0.336. The Balaban J connectivity index is 0.000000184. The highest BCUT2D eigenvalue weighted by Gasteiger charge is 2.49. The average molecular weight is 204 g/mol. The van der Waals surface area contributed by atoms with Crippen LogP contribution in [0.15, 0.2) is 0 Å². The summed E-state index contributed by atoms with van der Waals surface area (Å²) in [6.45, 7) is 8.25. The van der Waals surface area contributed by atoms with Crippen molar-refractivity contribution in [2.24, 2.45) is 5.92 Å². The zero-order chi connectivity index (χ0) is 10.1. The maximum atomic E-state index is 13.3. The van der Waals surface area contributed by atoms with E-state index in [0.717, 1.165) is 18.8 Å². The molecule has 0 amide bonds. The van der Waals surface area contributed by atoms with E-state index in [1.807, 2.05) is 11.8 Å². The van der Waals surface area contributed by atoms with Crippen molar-refractivity contribution in [3.05, 3.63) is 0 Å². The van der Waals surface area contributed by atoms with Crippen molar-refractivity contribution in [2.45, 2.75) is 63.1 Å². The Morgan fingerprint density at radius 1 is 1.31 bits per heavy atom. The summed E-state index contributed by atoms with van der Waals surface area (Å²) in [5, 5.41) is 0.993. The van der Waals surface area contributed by atoms with Crippen LogP contribution in [0.5, 0.6) is 0 Å². The molecule has 0 aromatic carbocycles. The van der Waals surface area contributed by atoms with E-state index in [1.165, 1.54) is 6.42 Å². The van der Waals surface area contributed by atoms with Crippen molar-refractivity contribution in [2.75, 3.05) is 0 Å². The largest absolute Gasteiger partial charge is 0.243 e. The highest BCUT2D eigenvalue weighted by molar-refractivity contribution is 8.01. The van der Waals surface area contributed by atoms with Gasteiger partial charge in [0.1, 0.15) is 5.67 Å². The second-order valence-corrected chi connectivity index (χ2v) is 6.55. The van der Waals surface area contributed by atoms with Crippen LogP contribution in [-0.4, -0.2) is 16.2 Å². The minimum Gasteiger partial charge on any atom is -0.243 e. The third-order valence-electron chi connectivity index (χ3n) is 2.41. The van der Waals surface area contributed by atoms with Gasteiger partial charge in [-0.25, -0.2) is 4.39 Å². The molecule has 2 rings (SSSR count). The third kappa shape index (κ3) is 3.16. The Kier molecular flexibility index (Phi) is 3.67. The Bertz CT molecular complexity index is 163. The highest BCUT2D eigenvalue weighted by Crippen LogP contribution is 2.53. The van der Waals surface area contributed by atoms with Crippen LogP contribution in [0.25, 0.3) is 0 Å². The van der Waals surface area contributed by atoms with Gasteiger partial charge in [-0.1, -0.05) is 20.8 Å². The van der Waals surface area contributed by atoms with Gasteiger partial charge < -0.3 is 0 Å². The molecule has 2 saturated heterocycles. The summed E-state index contributed by atoms with van der Waals surface area (Å²) < 4.78 is 13.3. The summed E-state index contributed by atoms with van der Waals surface area (Å²) in [5.41, 5.74) is -0.826. The van der Waals surface area contributed by atoms with E-state index < -0.39 is 5.67 Å². The number of alkyl halides is 1. The van der Waals surface area contributed by atoms with Crippen molar-refractivity contribution < 1.29 is 4.39 Å². The lowest BCUT2D eigenvalue weighted by atomic mass is 9.88. The fourth-order valence-electron chi connectivity index (χ4n) is 1.88. The number of hydrogen-bond acceptors (Lipinski definition) is 1. The molecule has 2 aliphatic rings. The van der Waals surface area contributed by atoms with Gasteiger partial charge in [0.25, 0.3) is 0 Å². The van der Waals surface area contributed by atoms with Crippen molar-refractivity contribution in [3.63, 3.8) is 0 Å². The van der Waals surface area contributed by atoms with Crippen LogP contribution in [0.2, 0.25) is 0 Å². The molecule has 2 bridgehead atoms. The Hall–Kier alpha value is 0.280. The van der Waals surface area contributed by atoms with Crippen LogP contribution in [0.1, 0.15) is 47.0 Å². The second kappa shape index (κ2) is 4.20. The molecule has 78 valence electrons. The van der Waals surface area contributed by atoms with Crippen LogP contribution < -0.4 is 0 Å². The van der Waals surface area contributed by atoms with Crippen LogP contribution in [0.4, 0.5) is 4.39 Å². The van der Waals surface area contributed by atoms with E-state index in [0.29, 0.717) is 10.5 Å². The van der Waals surface area contributed by atoms with Crippen molar-refractivity contribution in [1.29, 1.82) is 0 Å². The SMILES string of the molecule is CC(C)C.CC1(F)CC2CCC1S2. The van der Waals surface area contributed by atoms with Gasteiger partial charge in [-0.3, -0.25) is 0 Å². The van der Waals surface area contributed by atoms with E-state index in [2.05, 4.69) is 20.8 Å². The number of fused-ring (bicyclic) bond motifs is 2. The maximum Gasteiger partial charge on any atom is 0.121 e. The number of rotatable bonds is 0. The highest BCUT2D eigenvalue weighted by atomic mass is 32.2. The molecule has 0 saturated carbocycles. The van der Waals surface area contributed by atoms with Gasteiger partial charge in [0.2, 0.25) is 0 Å². The first kappa shape index (κ1) is 11.4. The Labute approximate surface area is 85.7 Å². The predicted octanol–water partition coefficient (Wildman–Crippen LogP) is 4.04. The summed E-state index contributed by atoms with van der Waals surface area (Å²) in [6.07, 6.45) is 3.18. The minimum atomic E-state index is -0.826. The molecular weight excluding hydrogens is 183 g/mol. The molecule has 0 aromatic rings. The van der Waals surface area contributed by atoms with Gasteiger partial charge in [-0.2, -0.15) is 11.8 Å². The van der Waals surface area contributed by atoms with Crippen LogP contribution >= 0.6 is 11.8 Å². The fourth-order valence-corrected chi connectivity index (χ4v) is 3.69. The summed E-state index contributed by atoms with van der Waals surface area (Å²) in [4.78, 5) is 0. The molecule has 2 aliphatic heterocycles. The quantitative estimate of drug-likeness (QED) is 0.574. The topological polar surface area (TPSA) is 0 Å². The summed E-state index contributed by atoms with van der Waals surface area (Å²) in [5.74, 6) is 0.833. The lowest BCUT2D eigenvalue weighted by Gasteiger charge is -2.22. The predicted molar refractivity (Wildman–Crippen MR) is 59.0 cm³/mol. The van der Waals surface area contributed by atoms with Gasteiger partial charge in [-0.15, -0.1) is 0 Å². The smallest absolute Gasteiger partial charge is 0.121 e. The van der Waals surface area contributed by atoms with Gasteiger partial charge in [0.05, 0.1) is 0 Å². The van der Waals surface area contributed by atoms with E-state index in [1.54, 1.807) is 6.92 Å². The summed E-state index contributed by atoms with van der Waals surface area (Å²) in [7, 11) is 0. The van der Waals surface area contributed by atoms with Crippen molar-refractivity contribution in [1.82, 2.24) is 0 Å². The first-order chi connectivity index (χ1) is 5.92. The van der Waals surface area contributed by atoms with E-state index in [4.69, 9.17) is 0 Å². The van der Waals surface area contributed by atoms with E-state index in [9.17, 15) is 4.39 Å². The number of thioether (sulfide) groups is 1. The van der Waals surface area contributed by atoms with Gasteiger partial charge in [-0.05, 0) is 32.1 Å². The molecule has 0 nitrogen and oxygen atoms in total. The lowest BCUT2D eigenvalue weighted by Crippen LogP contribution is -2.29. The second-order valence-electron chi connectivity index (χ2n) is 5.04. The first-order valence-corrected chi connectivity index (χ1v) is 6.20. The Morgan fingerprint density at radius 2 is 1.85 bits per heavy atom. The summed E-state index contributed by atoms with van der Waals surface area (Å²) >= 11 is 1.86. The van der Waals surface area contributed by atoms with E-state index in [-0.39, 0.29) is 0 Å². The Morgan fingerprint density at radius 3 is 2.00 bits per heavy atom. The molecule has 0 aromatic heterocycles.